The summed E-state index contributed by atoms with van der Waals surface area (Å²) in [6.07, 6.45) is 0.432. The van der Waals surface area contributed by atoms with E-state index in [2.05, 4.69) is 11.1 Å². The lowest BCUT2D eigenvalue weighted by atomic mass is 10.0. The summed E-state index contributed by atoms with van der Waals surface area (Å²) in [5.74, 6) is -0.116. The quantitative estimate of drug-likeness (QED) is 0.690. The van der Waals surface area contributed by atoms with E-state index in [1.165, 1.54) is 0 Å². The molecule has 0 saturated carbocycles. The minimum atomic E-state index is -0.116. The van der Waals surface area contributed by atoms with Crippen molar-refractivity contribution in [2.24, 2.45) is 0 Å². The van der Waals surface area contributed by atoms with Crippen molar-refractivity contribution in [3.8, 4) is 6.07 Å². The molecule has 2 heterocycles. The van der Waals surface area contributed by atoms with Gasteiger partial charge < -0.3 is 14.6 Å². The first-order valence-corrected chi connectivity index (χ1v) is 9.68. The van der Waals surface area contributed by atoms with Crippen molar-refractivity contribution < 1.29 is 9.53 Å². The summed E-state index contributed by atoms with van der Waals surface area (Å²) in [4.78, 5) is 17.9. The molecule has 3 aromatic rings. The van der Waals surface area contributed by atoms with Crippen molar-refractivity contribution in [2.75, 3.05) is 26.3 Å². The van der Waals surface area contributed by atoms with Crippen molar-refractivity contribution >= 4 is 40.0 Å². The van der Waals surface area contributed by atoms with Crippen molar-refractivity contribution in [2.45, 2.75) is 6.42 Å². The SMILES string of the molecule is N#Cc1cccc2[nH]c(Cc3c(Cl)ccc(C(=O)N4CCOCC4)c3Cl)cc12. The molecule has 0 spiro atoms. The van der Waals surface area contributed by atoms with Gasteiger partial charge in [0.05, 0.1) is 35.4 Å². The normalized spacial score (nSPS) is 14.2. The second-order valence-electron chi connectivity index (χ2n) is 6.64. The van der Waals surface area contributed by atoms with Crippen molar-refractivity contribution in [1.29, 1.82) is 5.26 Å². The van der Waals surface area contributed by atoms with Crippen LogP contribution in [0.1, 0.15) is 27.2 Å². The van der Waals surface area contributed by atoms with Gasteiger partial charge in [-0.2, -0.15) is 5.26 Å². The van der Waals surface area contributed by atoms with Gasteiger partial charge in [0.2, 0.25) is 0 Å². The maximum absolute atomic E-state index is 12.9. The maximum Gasteiger partial charge on any atom is 0.255 e. The van der Waals surface area contributed by atoms with E-state index in [0.717, 1.165) is 16.6 Å². The largest absolute Gasteiger partial charge is 0.378 e. The third-order valence-electron chi connectivity index (χ3n) is 4.92. The van der Waals surface area contributed by atoms with Crippen LogP contribution in [0.2, 0.25) is 10.0 Å². The summed E-state index contributed by atoms with van der Waals surface area (Å²) in [5.41, 5.74) is 3.48. The summed E-state index contributed by atoms with van der Waals surface area (Å²) in [7, 11) is 0. The van der Waals surface area contributed by atoms with Gasteiger partial charge in [-0.3, -0.25) is 4.79 Å². The Morgan fingerprint density at radius 3 is 2.75 bits per heavy atom. The Bertz CT molecular complexity index is 1090. The molecular weight excluding hydrogens is 397 g/mol. The summed E-state index contributed by atoms with van der Waals surface area (Å²) in [6.45, 7) is 2.15. The zero-order chi connectivity index (χ0) is 19.7. The Morgan fingerprint density at radius 2 is 2.00 bits per heavy atom. The zero-order valence-corrected chi connectivity index (χ0v) is 16.5. The predicted octanol–water partition coefficient (Wildman–Crippen LogP) is 4.41. The van der Waals surface area contributed by atoms with Crippen LogP contribution in [-0.4, -0.2) is 42.1 Å². The lowest BCUT2D eigenvalue weighted by molar-refractivity contribution is 0.0303. The minimum Gasteiger partial charge on any atom is -0.378 e. The lowest BCUT2D eigenvalue weighted by Gasteiger charge is -2.27. The number of aromatic nitrogens is 1. The molecule has 5 nitrogen and oxygen atoms in total. The van der Waals surface area contributed by atoms with Crippen LogP contribution in [0.15, 0.2) is 36.4 Å². The molecule has 142 valence electrons. The minimum absolute atomic E-state index is 0.116. The van der Waals surface area contributed by atoms with E-state index in [1.54, 1.807) is 23.1 Å². The van der Waals surface area contributed by atoms with Gasteiger partial charge in [-0.25, -0.2) is 0 Å². The molecule has 1 aromatic heterocycles. The number of rotatable bonds is 3. The van der Waals surface area contributed by atoms with Crippen LogP contribution in [-0.2, 0) is 11.2 Å². The Hall–Kier alpha value is -2.52. The summed E-state index contributed by atoms with van der Waals surface area (Å²) in [6, 6.07) is 13.0. The van der Waals surface area contributed by atoms with Crippen molar-refractivity contribution in [1.82, 2.24) is 9.88 Å². The molecule has 1 aliphatic rings. The molecule has 7 heteroatoms. The van der Waals surface area contributed by atoms with Crippen LogP contribution in [0.5, 0.6) is 0 Å². The number of H-pyrrole nitrogens is 1. The average molecular weight is 414 g/mol. The van der Waals surface area contributed by atoms with Gasteiger partial charge in [0, 0.05) is 41.1 Å². The van der Waals surface area contributed by atoms with Crippen molar-refractivity contribution in [3.63, 3.8) is 0 Å². The Labute approximate surface area is 172 Å². The number of benzene rings is 2. The molecule has 28 heavy (non-hydrogen) atoms. The molecule has 1 saturated heterocycles. The molecule has 0 unspecified atom stereocenters. The number of fused-ring (bicyclic) bond motifs is 1. The highest BCUT2D eigenvalue weighted by atomic mass is 35.5. The molecule has 0 atom stereocenters. The molecule has 2 aromatic carbocycles. The van der Waals surface area contributed by atoms with Crippen LogP contribution >= 0.6 is 23.2 Å². The number of halogens is 2. The molecule has 1 amide bonds. The van der Waals surface area contributed by atoms with Gasteiger partial charge in [-0.1, -0.05) is 29.3 Å². The third kappa shape index (κ3) is 3.47. The Balaban J connectivity index is 1.68. The molecule has 0 radical (unpaired) electrons. The van der Waals surface area contributed by atoms with E-state index in [1.807, 2.05) is 18.2 Å². The third-order valence-corrected chi connectivity index (χ3v) is 5.71. The van der Waals surface area contributed by atoms with E-state index in [0.29, 0.717) is 59.5 Å². The van der Waals surface area contributed by atoms with Gasteiger partial charge in [-0.15, -0.1) is 0 Å². The van der Waals surface area contributed by atoms with Gasteiger partial charge in [-0.05, 0) is 35.9 Å². The lowest BCUT2D eigenvalue weighted by Crippen LogP contribution is -2.40. The van der Waals surface area contributed by atoms with Gasteiger partial charge >= 0.3 is 0 Å². The standard InChI is InChI=1S/C21H17Cl2N3O2/c22-18-5-4-15(21(27)26-6-8-28-9-7-26)20(23)17(18)11-14-10-16-13(12-24)2-1-3-19(16)25-14/h1-5,10,25H,6-9,11H2. The van der Waals surface area contributed by atoms with Crippen LogP contribution in [0.25, 0.3) is 10.9 Å². The van der Waals surface area contributed by atoms with E-state index in [4.69, 9.17) is 27.9 Å². The number of carbonyl (C=O) groups excluding carboxylic acids is 1. The fourth-order valence-corrected chi connectivity index (χ4v) is 4.04. The number of aromatic amines is 1. The Morgan fingerprint density at radius 1 is 1.21 bits per heavy atom. The molecule has 0 aliphatic carbocycles. The fraction of sp³-hybridized carbons (Fsp3) is 0.238. The monoisotopic (exact) mass is 413 g/mol. The van der Waals surface area contributed by atoms with Gasteiger partial charge in [0.1, 0.15) is 0 Å². The first-order valence-electron chi connectivity index (χ1n) is 8.93. The topological polar surface area (TPSA) is 69.1 Å². The van der Waals surface area contributed by atoms with E-state index in [9.17, 15) is 10.1 Å². The molecular formula is C21H17Cl2N3O2. The van der Waals surface area contributed by atoms with E-state index in [-0.39, 0.29) is 5.91 Å². The second kappa shape index (κ2) is 7.84. The number of hydrogen-bond acceptors (Lipinski definition) is 3. The highest BCUT2D eigenvalue weighted by molar-refractivity contribution is 6.38. The number of ether oxygens (including phenoxy) is 1. The van der Waals surface area contributed by atoms with E-state index >= 15 is 0 Å². The number of nitrogens with zero attached hydrogens (tertiary/aromatic N) is 2. The van der Waals surface area contributed by atoms with Crippen LogP contribution in [0, 0.1) is 11.3 Å². The molecule has 0 bridgehead atoms. The number of nitrogens with one attached hydrogen (secondary N) is 1. The predicted molar refractivity (Wildman–Crippen MR) is 109 cm³/mol. The number of amides is 1. The van der Waals surface area contributed by atoms with E-state index < -0.39 is 0 Å². The highest BCUT2D eigenvalue weighted by Crippen LogP contribution is 2.32. The molecule has 1 N–H and O–H groups in total. The van der Waals surface area contributed by atoms with Crippen LogP contribution in [0.3, 0.4) is 0 Å². The maximum atomic E-state index is 12.9. The molecule has 4 rings (SSSR count). The second-order valence-corrected chi connectivity index (χ2v) is 7.43. The first-order chi connectivity index (χ1) is 13.6. The van der Waals surface area contributed by atoms with Gasteiger partial charge in [0.15, 0.2) is 0 Å². The van der Waals surface area contributed by atoms with Crippen molar-refractivity contribution in [3.05, 3.63) is 68.8 Å². The zero-order valence-electron chi connectivity index (χ0n) is 15.0. The summed E-state index contributed by atoms with van der Waals surface area (Å²) < 4.78 is 5.31. The average Bonchev–Trinajstić information content (AvgIpc) is 3.14. The smallest absolute Gasteiger partial charge is 0.255 e. The number of morpholine rings is 1. The van der Waals surface area contributed by atoms with Crippen LogP contribution < -0.4 is 0 Å². The number of hydrogen-bond donors (Lipinski definition) is 1. The van der Waals surface area contributed by atoms with Crippen LogP contribution in [0.4, 0.5) is 0 Å². The number of nitriles is 1. The first kappa shape index (κ1) is 18.8. The Kier molecular flexibility index (Phi) is 5.27. The molecule has 1 aliphatic heterocycles. The summed E-state index contributed by atoms with van der Waals surface area (Å²) in [5, 5.41) is 11.0. The summed E-state index contributed by atoms with van der Waals surface area (Å²) >= 11 is 13.0. The number of carbonyl (C=O) groups is 1. The highest BCUT2D eigenvalue weighted by Gasteiger charge is 2.23. The fourth-order valence-electron chi connectivity index (χ4n) is 3.46. The molecule has 1 fully saturated rings. The van der Waals surface area contributed by atoms with Gasteiger partial charge in [0.25, 0.3) is 5.91 Å².